The van der Waals surface area contributed by atoms with Crippen LogP contribution in [0.15, 0.2) is 0 Å². The van der Waals surface area contributed by atoms with Crippen LogP contribution in [0.1, 0.15) is 51.9 Å². The standard InChI is InChI=1S/C20H30O8/c1-10(3-5-21)8-20(26,12-6-11(17(22)23)7-14-16(12)28-14)19(18(24)25)4-2-13-15(9-19)27-13/h10-16,21,26H,2-9H2,1H3,(H,22,23)(H,24,25). The molecule has 4 aliphatic rings. The van der Waals surface area contributed by atoms with E-state index in [1.54, 1.807) is 0 Å². The molecule has 2 aliphatic heterocycles. The minimum absolute atomic E-state index is 0.0455. The van der Waals surface area contributed by atoms with Gasteiger partial charge >= 0.3 is 11.9 Å². The number of hydrogen-bond acceptors (Lipinski definition) is 6. The van der Waals surface area contributed by atoms with E-state index in [-0.39, 0.29) is 56.2 Å². The zero-order chi connectivity index (χ0) is 20.3. The maximum Gasteiger partial charge on any atom is 0.312 e. The summed E-state index contributed by atoms with van der Waals surface area (Å²) in [4.78, 5) is 24.2. The largest absolute Gasteiger partial charge is 0.481 e. The van der Waals surface area contributed by atoms with Gasteiger partial charge in [0, 0.05) is 12.5 Å². The Bertz CT molecular complexity index is 652. The van der Waals surface area contributed by atoms with Gasteiger partial charge in [-0.3, -0.25) is 9.59 Å². The van der Waals surface area contributed by atoms with Crippen molar-refractivity contribution in [3.8, 4) is 0 Å². The molecule has 2 saturated carbocycles. The highest BCUT2D eigenvalue weighted by atomic mass is 16.6. The van der Waals surface area contributed by atoms with Crippen LogP contribution in [0.3, 0.4) is 0 Å². The Morgan fingerprint density at radius 1 is 1.18 bits per heavy atom. The molecule has 0 aromatic rings. The molecule has 28 heavy (non-hydrogen) atoms. The summed E-state index contributed by atoms with van der Waals surface area (Å²) in [5.41, 5.74) is -3.01. The van der Waals surface area contributed by atoms with Gasteiger partial charge in [0.1, 0.15) is 0 Å². The first kappa shape index (κ1) is 20.1. The Morgan fingerprint density at radius 2 is 1.93 bits per heavy atom. The lowest BCUT2D eigenvalue weighted by atomic mass is 9.54. The topological polar surface area (TPSA) is 140 Å². The highest BCUT2D eigenvalue weighted by Gasteiger charge is 2.69. The van der Waals surface area contributed by atoms with Crippen LogP contribution in [0.5, 0.6) is 0 Å². The molecule has 4 rings (SSSR count). The van der Waals surface area contributed by atoms with E-state index in [1.165, 1.54) is 0 Å². The average Bonchev–Trinajstić information content (AvgIpc) is 3.53. The summed E-state index contributed by atoms with van der Waals surface area (Å²) in [7, 11) is 0. The Kier molecular flexibility index (Phi) is 4.97. The summed E-state index contributed by atoms with van der Waals surface area (Å²) < 4.78 is 11.3. The fraction of sp³-hybridized carbons (Fsp3) is 0.900. The van der Waals surface area contributed by atoms with Crippen LogP contribution in [0, 0.1) is 23.2 Å². The molecule has 9 atom stereocenters. The molecule has 2 saturated heterocycles. The molecular weight excluding hydrogens is 368 g/mol. The number of carboxylic acids is 2. The summed E-state index contributed by atoms with van der Waals surface area (Å²) in [6.07, 6.45) is 1.79. The Hall–Kier alpha value is -1.22. The number of aliphatic carboxylic acids is 2. The number of fused-ring (bicyclic) bond motifs is 2. The van der Waals surface area contributed by atoms with E-state index in [1.807, 2.05) is 6.92 Å². The number of rotatable bonds is 8. The molecule has 0 aromatic carbocycles. The molecule has 4 N–H and O–H groups in total. The number of ether oxygens (including phenoxy) is 2. The smallest absolute Gasteiger partial charge is 0.312 e. The first-order valence-electron chi connectivity index (χ1n) is 10.3. The Balaban J connectivity index is 1.71. The van der Waals surface area contributed by atoms with Crippen LogP contribution in [0.2, 0.25) is 0 Å². The van der Waals surface area contributed by atoms with Crippen LogP contribution in [0.4, 0.5) is 0 Å². The highest BCUT2D eigenvalue weighted by molar-refractivity contribution is 5.77. The second kappa shape index (κ2) is 6.93. The van der Waals surface area contributed by atoms with E-state index in [4.69, 9.17) is 9.47 Å². The third-order valence-corrected chi connectivity index (χ3v) is 7.65. The Labute approximate surface area is 163 Å². The van der Waals surface area contributed by atoms with E-state index < -0.39 is 34.8 Å². The minimum Gasteiger partial charge on any atom is -0.481 e. The quantitative estimate of drug-likeness (QED) is 0.444. The van der Waals surface area contributed by atoms with E-state index in [2.05, 4.69) is 0 Å². The van der Waals surface area contributed by atoms with Crippen LogP contribution >= 0.6 is 0 Å². The van der Waals surface area contributed by atoms with Crippen molar-refractivity contribution < 1.29 is 39.5 Å². The van der Waals surface area contributed by atoms with Crippen LogP contribution in [-0.2, 0) is 19.1 Å². The zero-order valence-electron chi connectivity index (χ0n) is 16.1. The van der Waals surface area contributed by atoms with Crippen molar-refractivity contribution in [3.63, 3.8) is 0 Å². The van der Waals surface area contributed by atoms with Gasteiger partial charge in [-0.05, 0) is 50.9 Å². The maximum absolute atomic E-state index is 12.6. The van der Waals surface area contributed by atoms with Gasteiger partial charge in [-0.15, -0.1) is 0 Å². The second-order valence-electron chi connectivity index (χ2n) is 9.34. The van der Waals surface area contributed by atoms with Crippen molar-refractivity contribution in [2.24, 2.45) is 23.2 Å². The molecule has 2 heterocycles. The van der Waals surface area contributed by atoms with Crippen molar-refractivity contribution in [1.82, 2.24) is 0 Å². The van der Waals surface area contributed by atoms with Gasteiger partial charge < -0.3 is 29.9 Å². The molecule has 0 amide bonds. The molecule has 9 unspecified atom stereocenters. The zero-order valence-corrected chi connectivity index (χ0v) is 16.1. The van der Waals surface area contributed by atoms with Gasteiger partial charge in [0.05, 0.1) is 41.3 Å². The summed E-state index contributed by atoms with van der Waals surface area (Å²) in [5, 5.41) is 41.3. The summed E-state index contributed by atoms with van der Waals surface area (Å²) in [6.45, 7) is 1.84. The number of aliphatic hydroxyl groups is 2. The molecule has 158 valence electrons. The van der Waals surface area contributed by atoms with Gasteiger partial charge in [-0.2, -0.15) is 0 Å². The fourth-order valence-electron chi connectivity index (χ4n) is 5.96. The van der Waals surface area contributed by atoms with E-state index >= 15 is 0 Å². The summed E-state index contributed by atoms with van der Waals surface area (Å²) in [6, 6.07) is 0. The van der Waals surface area contributed by atoms with Gasteiger partial charge in [-0.1, -0.05) is 6.92 Å². The lowest BCUT2D eigenvalue weighted by Gasteiger charge is -2.51. The second-order valence-corrected chi connectivity index (χ2v) is 9.34. The SMILES string of the molecule is CC(CCO)CC(O)(C1CC(C(=O)O)CC2OC21)C1(C(=O)O)CCC2OC2C1. The number of aliphatic hydroxyl groups excluding tert-OH is 1. The van der Waals surface area contributed by atoms with E-state index in [0.29, 0.717) is 25.7 Å². The number of carbonyl (C=O) groups is 2. The first-order chi connectivity index (χ1) is 13.2. The number of carboxylic acid groups (broad SMARTS) is 2. The van der Waals surface area contributed by atoms with Crippen molar-refractivity contribution in [2.45, 2.75) is 81.9 Å². The van der Waals surface area contributed by atoms with Gasteiger partial charge in [0.15, 0.2) is 0 Å². The van der Waals surface area contributed by atoms with Gasteiger partial charge in [-0.25, -0.2) is 0 Å². The number of epoxide rings is 2. The molecular formula is C20H30O8. The van der Waals surface area contributed by atoms with Crippen molar-refractivity contribution in [2.75, 3.05) is 6.61 Å². The van der Waals surface area contributed by atoms with Crippen LogP contribution < -0.4 is 0 Å². The molecule has 8 nitrogen and oxygen atoms in total. The molecule has 4 fully saturated rings. The third-order valence-electron chi connectivity index (χ3n) is 7.65. The monoisotopic (exact) mass is 398 g/mol. The predicted molar refractivity (Wildman–Crippen MR) is 95.5 cm³/mol. The van der Waals surface area contributed by atoms with Crippen LogP contribution in [-0.4, -0.2) is 69.0 Å². The lowest BCUT2D eigenvalue weighted by Crippen LogP contribution is -2.62. The lowest BCUT2D eigenvalue weighted by molar-refractivity contribution is -0.195. The van der Waals surface area contributed by atoms with Crippen LogP contribution in [0.25, 0.3) is 0 Å². The van der Waals surface area contributed by atoms with Gasteiger partial charge in [0.25, 0.3) is 0 Å². The highest BCUT2D eigenvalue weighted by Crippen LogP contribution is 2.60. The molecule has 0 aromatic heterocycles. The predicted octanol–water partition coefficient (Wildman–Crippen LogP) is 1.03. The van der Waals surface area contributed by atoms with E-state index in [9.17, 15) is 30.0 Å². The van der Waals surface area contributed by atoms with Crippen molar-refractivity contribution in [3.05, 3.63) is 0 Å². The minimum atomic E-state index is -1.61. The first-order valence-corrected chi connectivity index (χ1v) is 10.3. The molecule has 8 heteroatoms. The molecule has 0 radical (unpaired) electrons. The average molecular weight is 398 g/mol. The summed E-state index contributed by atoms with van der Waals surface area (Å²) in [5.74, 6) is -3.28. The summed E-state index contributed by atoms with van der Waals surface area (Å²) >= 11 is 0. The third kappa shape index (κ3) is 3.14. The fourth-order valence-corrected chi connectivity index (χ4v) is 5.96. The molecule has 0 spiro atoms. The Morgan fingerprint density at radius 3 is 2.54 bits per heavy atom. The van der Waals surface area contributed by atoms with Crippen molar-refractivity contribution in [1.29, 1.82) is 0 Å². The molecule has 2 aliphatic carbocycles. The molecule has 0 bridgehead atoms. The van der Waals surface area contributed by atoms with Crippen molar-refractivity contribution >= 4 is 11.9 Å². The van der Waals surface area contributed by atoms with Gasteiger partial charge in [0.2, 0.25) is 0 Å². The van der Waals surface area contributed by atoms with E-state index in [0.717, 1.165) is 0 Å². The normalized spacial score (nSPS) is 44.5. The maximum atomic E-state index is 12.6. The number of hydrogen-bond donors (Lipinski definition) is 4.